The molecule has 0 aromatic carbocycles. The van der Waals surface area contributed by atoms with Crippen molar-refractivity contribution < 1.29 is 4.79 Å². The van der Waals surface area contributed by atoms with E-state index in [2.05, 4.69) is 20.8 Å². The summed E-state index contributed by atoms with van der Waals surface area (Å²) < 4.78 is 0. The second-order valence-corrected chi connectivity index (χ2v) is 6.37. The van der Waals surface area contributed by atoms with Crippen LogP contribution in [0.4, 0.5) is 0 Å². The molecule has 0 spiro atoms. The van der Waals surface area contributed by atoms with Gasteiger partial charge in [0.05, 0.1) is 4.83 Å². The number of hydrogen-bond donors (Lipinski definition) is 0. The number of likely N-dealkylation sites (tertiary alicyclic amines) is 1. The minimum Gasteiger partial charge on any atom is -0.340 e. The van der Waals surface area contributed by atoms with Crippen molar-refractivity contribution in [2.24, 2.45) is 0 Å². The zero-order valence-corrected chi connectivity index (χ0v) is 11.2. The van der Waals surface area contributed by atoms with E-state index in [1.807, 2.05) is 16.7 Å². The molecule has 0 aromatic heterocycles. The molecule has 2 fully saturated rings. The SMILES string of the molecule is O=C1C(Br)CCN1CCN1CCSCC1. The fraction of sp³-hybridized carbons (Fsp3) is 0.900. The lowest BCUT2D eigenvalue weighted by molar-refractivity contribution is -0.127. The van der Waals surface area contributed by atoms with E-state index in [0.717, 1.165) is 26.1 Å². The Labute approximate surface area is 104 Å². The number of alkyl halides is 1. The number of thioether (sulfide) groups is 1. The summed E-state index contributed by atoms with van der Waals surface area (Å²) in [6.45, 7) is 5.25. The summed E-state index contributed by atoms with van der Waals surface area (Å²) >= 11 is 5.43. The van der Waals surface area contributed by atoms with Crippen LogP contribution in [0.3, 0.4) is 0 Å². The van der Waals surface area contributed by atoms with Crippen LogP contribution < -0.4 is 0 Å². The number of carbonyl (C=O) groups is 1. The van der Waals surface area contributed by atoms with Gasteiger partial charge in [-0.25, -0.2) is 0 Å². The van der Waals surface area contributed by atoms with E-state index in [4.69, 9.17) is 0 Å². The molecule has 2 saturated heterocycles. The van der Waals surface area contributed by atoms with Crippen LogP contribution in [0.5, 0.6) is 0 Å². The number of nitrogens with zero attached hydrogens (tertiary/aromatic N) is 2. The molecule has 2 rings (SSSR count). The lowest BCUT2D eigenvalue weighted by Crippen LogP contribution is -2.40. The van der Waals surface area contributed by atoms with Crippen molar-refractivity contribution >= 4 is 33.6 Å². The number of halogens is 1. The summed E-state index contributed by atoms with van der Waals surface area (Å²) in [6, 6.07) is 0. The van der Waals surface area contributed by atoms with Crippen LogP contribution in [-0.2, 0) is 4.79 Å². The highest BCUT2D eigenvalue weighted by Gasteiger charge is 2.29. The average molecular weight is 293 g/mol. The summed E-state index contributed by atoms with van der Waals surface area (Å²) in [5.41, 5.74) is 0. The van der Waals surface area contributed by atoms with Crippen molar-refractivity contribution in [2.75, 3.05) is 44.2 Å². The quantitative estimate of drug-likeness (QED) is 0.726. The Morgan fingerprint density at radius 2 is 2.00 bits per heavy atom. The van der Waals surface area contributed by atoms with Gasteiger partial charge in [0.1, 0.15) is 0 Å². The molecule has 0 N–H and O–H groups in total. The number of amides is 1. The molecule has 86 valence electrons. The van der Waals surface area contributed by atoms with Gasteiger partial charge in [-0.2, -0.15) is 11.8 Å². The van der Waals surface area contributed by atoms with Crippen molar-refractivity contribution in [3.05, 3.63) is 0 Å². The first-order valence-corrected chi connectivity index (χ1v) is 7.57. The van der Waals surface area contributed by atoms with Crippen molar-refractivity contribution in [1.29, 1.82) is 0 Å². The van der Waals surface area contributed by atoms with E-state index in [1.54, 1.807) is 0 Å². The van der Waals surface area contributed by atoms with Crippen molar-refractivity contribution in [2.45, 2.75) is 11.2 Å². The third-order valence-electron chi connectivity index (χ3n) is 3.02. The molecule has 0 radical (unpaired) electrons. The zero-order chi connectivity index (χ0) is 10.7. The van der Waals surface area contributed by atoms with Gasteiger partial charge in [-0.1, -0.05) is 15.9 Å². The van der Waals surface area contributed by atoms with Crippen LogP contribution in [0.15, 0.2) is 0 Å². The second-order valence-electron chi connectivity index (χ2n) is 4.04. The summed E-state index contributed by atoms with van der Waals surface area (Å²) in [5.74, 6) is 2.77. The fourth-order valence-electron chi connectivity index (χ4n) is 2.01. The molecular formula is C10H17BrN2OS. The zero-order valence-electron chi connectivity index (χ0n) is 8.82. The van der Waals surface area contributed by atoms with Crippen LogP contribution in [0.2, 0.25) is 0 Å². The van der Waals surface area contributed by atoms with E-state index in [1.165, 1.54) is 24.6 Å². The van der Waals surface area contributed by atoms with Crippen molar-refractivity contribution in [1.82, 2.24) is 9.80 Å². The highest BCUT2D eigenvalue weighted by atomic mass is 79.9. The Kier molecular flexibility index (Phi) is 4.34. The highest BCUT2D eigenvalue weighted by Crippen LogP contribution is 2.18. The molecule has 2 heterocycles. The van der Waals surface area contributed by atoms with Gasteiger partial charge in [-0.3, -0.25) is 9.69 Å². The van der Waals surface area contributed by atoms with Crippen molar-refractivity contribution in [3.8, 4) is 0 Å². The molecule has 0 bridgehead atoms. The van der Waals surface area contributed by atoms with E-state index in [0.29, 0.717) is 0 Å². The van der Waals surface area contributed by atoms with Gasteiger partial charge >= 0.3 is 0 Å². The second kappa shape index (κ2) is 5.55. The molecule has 2 aliphatic rings. The van der Waals surface area contributed by atoms with Gasteiger partial charge in [-0.05, 0) is 6.42 Å². The fourth-order valence-corrected chi connectivity index (χ4v) is 3.48. The van der Waals surface area contributed by atoms with Gasteiger partial charge in [0.2, 0.25) is 5.91 Å². The number of carbonyl (C=O) groups excluding carboxylic acids is 1. The lowest BCUT2D eigenvalue weighted by Gasteiger charge is -2.28. The van der Waals surface area contributed by atoms with Crippen LogP contribution in [0, 0.1) is 0 Å². The minimum absolute atomic E-state index is 0.0782. The predicted octanol–water partition coefficient (Wildman–Crippen LogP) is 1.03. The van der Waals surface area contributed by atoms with Crippen LogP contribution in [0.25, 0.3) is 0 Å². The third kappa shape index (κ3) is 3.11. The van der Waals surface area contributed by atoms with Crippen molar-refractivity contribution in [3.63, 3.8) is 0 Å². The van der Waals surface area contributed by atoms with Gasteiger partial charge in [-0.15, -0.1) is 0 Å². The Morgan fingerprint density at radius 3 is 2.60 bits per heavy atom. The summed E-state index contributed by atoms with van der Waals surface area (Å²) in [5, 5.41) is 0. The van der Waals surface area contributed by atoms with E-state index >= 15 is 0 Å². The minimum atomic E-state index is 0.0782. The van der Waals surface area contributed by atoms with E-state index in [9.17, 15) is 4.79 Å². The molecule has 3 nitrogen and oxygen atoms in total. The van der Waals surface area contributed by atoms with Crippen LogP contribution in [0.1, 0.15) is 6.42 Å². The van der Waals surface area contributed by atoms with Gasteiger partial charge in [0.25, 0.3) is 0 Å². The number of hydrogen-bond acceptors (Lipinski definition) is 3. The summed E-state index contributed by atoms with van der Waals surface area (Å²) in [7, 11) is 0. The first kappa shape index (κ1) is 11.7. The Bertz CT molecular complexity index is 233. The maximum atomic E-state index is 11.6. The van der Waals surface area contributed by atoms with E-state index in [-0.39, 0.29) is 10.7 Å². The Hall–Kier alpha value is 0.260. The molecule has 1 atom stereocenters. The van der Waals surface area contributed by atoms with Gasteiger partial charge < -0.3 is 4.90 Å². The normalized spacial score (nSPS) is 28.7. The van der Waals surface area contributed by atoms with Gasteiger partial charge in [0.15, 0.2) is 0 Å². The molecule has 0 aromatic rings. The topological polar surface area (TPSA) is 23.6 Å². The Balaban J connectivity index is 1.71. The third-order valence-corrected chi connectivity index (χ3v) is 4.81. The monoisotopic (exact) mass is 292 g/mol. The van der Waals surface area contributed by atoms with Gasteiger partial charge in [0, 0.05) is 44.2 Å². The molecule has 1 amide bonds. The molecule has 0 aliphatic carbocycles. The molecular weight excluding hydrogens is 276 g/mol. The molecule has 1 unspecified atom stereocenters. The predicted molar refractivity (Wildman–Crippen MR) is 67.7 cm³/mol. The maximum absolute atomic E-state index is 11.6. The van der Waals surface area contributed by atoms with E-state index < -0.39 is 0 Å². The largest absolute Gasteiger partial charge is 0.340 e. The van der Waals surface area contributed by atoms with Crippen LogP contribution >= 0.6 is 27.7 Å². The highest BCUT2D eigenvalue weighted by molar-refractivity contribution is 9.10. The smallest absolute Gasteiger partial charge is 0.236 e. The summed E-state index contributed by atoms with van der Waals surface area (Å²) in [4.78, 5) is 16.2. The molecule has 15 heavy (non-hydrogen) atoms. The summed E-state index contributed by atoms with van der Waals surface area (Å²) in [6.07, 6.45) is 0.967. The maximum Gasteiger partial charge on any atom is 0.236 e. The standard InChI is InChI=1S/C10H17BrN2OS/c11-9-1-2-13(10(9)14)4-3-12-5-7-15-8-6-12/h9H,1-8H2. The molecule has 2 aliphatic heterocycles. The first-order valence-electron chi connectivity index (χ1n) is 5.50. The Morgan fingerprint density at radius 1 is 1.27 bits per heavy atom. The first-order chi connectivity index (χ1) is 7.27. The lowest BCUT2D eigenvalue weighted by atomic mass is 10.4. The van der Waals surface area contributed by atoms with Crippen LogP contribution in [-0.4, -0.2) is 64.8 Å². The molecule has 0 saturated carbocycles. The number of rotatable bonds is 3. The average Bonchev–Trinajstić information content (AvgIpc) is 2.59. The molecule has 5 heteroatoms.